The van der Waals surface area contributed by atoms with E-state index in [0.717, 1.165) is 22.9 Å². The molecule has 0 unspecified atom stereocenters. The number of aryl methyl sites for hydroxylation is 1. The zero-order valence-corrected chi connectivity index (χ0v) is 19.8. The van der Waals surface area contributed by atoms with E-state index in [1.54, 1.807) is 12.1 Å². The number of fused-ring (bicyclic) bond motifs is 1. The van der Waals surface area contributed by atoms with Gasteiger partial charge in [-0.15, -0.1) is 0 Å². The molecule has 8 nitrogen and oxygen atoms in total. The maximum absolute atomic E-state index is 13.1. The second-order valence-electron chi connectivity index (χ2n) is 8.82. The van der Waals surface area contributed by atoms with Crippen LogP contribution >= 0.6 is 0 Å². The minimum atomic E-state index is -0.187. The number of para-hydroxylation sites is 1. The Labute approximate surface area is 199 Å². The van der Waals surface area contributed by atoms with Gasteiger partial charge in [0.2, 0.25) is 11.9 Å². The van der Waals surface area contributed by atoms with Crippen LogP contribution in [0.4, 0.5) is 11.6 Å². The van der Waals surface area contributed by atoms with E-state index in [4.69, 9.17) is 0 Å². The Morgan fingerprint density at radius 1 is 1.21 bits per heavy atom. The lowest BCUT2D eigenvalue weighted by molar-refractivity contribution is -0.111. The Kier molecular flexibility index (Phi) is 7.18. The quantitative estimate of drug-likeness (QED) is 0.528. The molecule has 0 bridgehead atoms. The summed E-state index contributed by atoms with van der Waals surface area (Å²) in [5.74, 6) is 0.373. The van der Waals surface area contributed by atoms with Gasteiger partial charge in [0.05, 0.1) is 5.52 Å². The van der Waals surface area contributed by atoms with Gasteiger partial charge >= 0.3 is 0 Å². The summed E-state index contributed by atoms with van der Waals surface area (Å²) in [6.45, 7) is 3.83. The molecule has 1 aliphatic rings. The Hall–Kier alpha value is -3.78. The second-order valence-corrected chi connectivity index (χ2v) is 8.82. The average Bonchev–Trinajstić information content (AvgIpc) is 3.28. The third kappa shape index (κ3) is 5.77. The van der Waals surface area contributed by atoms with Crippen molar-refractivity contribution >= 4 is 34.4 Å². The Bertz CT molecular complexity index is 1220. The maximum atomic E-state index is 13.1. The molecule has 2 N–H and O–H groups in total. The first-order chi connectivity index (χ1) is 16.4. The number of nitrogens with one attached hydrogen (secondary N) is 2. The van der Waals surface area contributed by atoms with Crippen LogP contribution in [0, 0.1) is 6.92 Å². The Morgan fingerprint density at radius 3 is 2.82 bits per heavy atom. The number of carbonyl (C=O) groups excluding carboxylic acids is 2. The average molecular weight is 459 g/mol. The number of nitrogens with zero attached hydrogens (tertiary/aromatic N) is 4. The van der Waals surface area contributed by atoms with Crippen LogP contribution in [-0.2, 0) is 4.79 Å². The van der Waals surface area contributed by atoms with E-state index < -0.39 is 0 Å². The van der Waals surface area contributed by atoms with Gasteiger partial charge in [-0.05, 0) is 57.3 Å². The maximum Gasteiger partial charge on any atom is 0.253 e. The Morgan fingerprint density at radius 2 is 2.03 bits per heavy atom. The van der Waals surface area contributed by atoms with E-state index >= 15 is 0 Å². The molecule has 1 saturated heterocycles. The highest BCUT2D eigenvalue weighted by molar-refractivity contribution is 6.01. The highest BCUT2D eigenvalue weighted by Gasteiger charge is 2.27. The fraction of sp³-hybridized carbons (Fsp3) is 0.308. The standard InChI is InChI=1S/C26H30N6O2/c1-18-15-19(10-11-22(18)29-24(33)9-6-13-31(2)3)25(34)32-14-12-21(17-32)28-26-27-16-20-7-4-5-8-23(20)30-26/h4-11,15-16,21H,12-14,17H2,1-3H3,(H,29,33)(H,27,28,30)/b9-6+/t21-/m0/s1. The summed E-state index contributed by atoms with van der Waals surface area (Å²) in [5.41, 5.74) is 3.05. The van der Waals surface area contributed by atoms with E-state index in [2.05, 4.69) is 20.6 Å². The molecule has 3 aromatic rings. The van der Waals surface area contributed by atoms with Crippen LogP contribution in [0.3, 0.4) is 0 Å². The fourth-order valence-corrected chi connectivity index (χ4v) is 3.95. The number of hydrogen-bond donors (Lipinski definition) is 2. The van der Waals surface area contributed by atoms with Gasteiger partial charge in [-0.25, -0.2) is 9.97 Å². The van der Waals surface area contributed by atoms with Gasteiger partial charge in [0.1, 0.15) is 0 Å². The van der Waals surface area contributed by atoms with E-state index in [1.807, 2.05) is 73.4 Å². The first-order valence-electron chi connectivity index (χ1n) is 11.4. The number of likely N-dealkylation sites (tertiary alicyclic amines) is 1. The number of likely N-dealkylation sites (N-methyl/N-ethyl adjacent to an activating group) is 1. The molecule has 1 fully saturated rings. The monoisotopic (exact) mass is 458 g/mol. The van der Waals surface area contributed by atoms with E-state index in [1.165, 1.54) is 6.08 Å². The number of carbonyl (C=O) groups is 2. The molecule has 1 atom stereocenters. The molecule has 176 valence electrons. The van der Waals surface area contributed by atoms with Gasteiger partial charge in [0, 0.05) is 54.6 Å². The van der Waals surface area contributed by atoms with Crippen molar-refractivity contribution in [3.8, 4) is 0 Å². The fourth-order valence-electron chi connectivity index (χ4n) is 3.95. The number of amides is 2. The van der Waals surface area contributed by atoms with Gasteiger partial charge in [-0.3, -0.25) is 9.59 Å². The summed E-state index contributed by atoms with van der Waals surface area (Å²) in [7, 11) is 3.88. The highest BCUT2D eigenvalue weighted by atomic mass is 16.2. The number of hydrogen-bond acceptors (Lipinski definition) is 6. The number of benzene rings is 2. The molecule has 1 aliphatic heterocycles. The summed E-state index contributed by atoms with van der Waals surface area (Å²) in [4.78, 5) is 38.0. The van der Waals surface area contributed by atoms with Gasteiger partial charge in [0.15, 0.2) is 0 Å². The summed E-state index contributed by atoms with van der Waals surface area (Å²) in [6.07, 6.45) is 5.97. The lowest BCUT2D eigenvalue weighted by atomic mass is 10.1. The van der Waals surface area contributed by atoms with Crippen molar-refractivity contribution in [3.05, 3.63) is 71.9 Å². The third-order valence-corrected chi connectivity index (χ3v) is 5.77. The molecule has 0 saturated carbocycles. The lowest BCUT2D eigenvalue weighted by Crippen LogP contribution is -2.32. The first kappa shape index (κ1) is 23.4. The topological polar surface area (TPSA) is 90.5 Å². The molecule has 4 rings (SSSR count). The zero-order chi connectivity index (χ0) is 24.1. The van der Waals surface area contributed by atoms with Crippen LogP contribution < -0.4 is 10.6 Å². The van der Waals surface area contributed by atoms with E-state index in [9.17, 15) is 9.59 Å². The van der Waals surface area contributed by atoms with Crippen molar-refractivity contribution in [2.45, 2.75) is 19.4 Å². The van der Waals surface area contributed by atoms with Gasteiger partial charge < -0.3 is 20.4 Å². The molecule has 2 heterocycles. The SMILES string of the molecule is Cc1cc(C(=O)N2CC[C@H](Nc3ncc4ccccc4n3)C2)ccc1NC(=O)/C=C/CN(C)C. The third-order valence-electron chi connectivity index (χ3n) is 5.77. The van der Waals surface area contributed by atoms with Crippen LogP contribution in [0.1, 0.15) is 22.3 Å². The molecule has 2 amide bonds. The van der Waals surface area contributed by atoms with Crippen molar-refractivity contribution in [1.29, 1.82) is 0 Å². The second kappa shape index (κ2) is 10.4. The van der Waals surface area contributed by atoms with Crippen molar-refractivity contribution in [2.75, 3.05) is 44.4 Å². The molecule has 0 spiro atoms. The normalized spacial score (nSPS) is 15.9. The number of anilines is 2. The summed E-state index contributed by atoms with van der Waals surface area (Å²) < 4.78 is 0. The Balaban J connectivity index is 1.35. The highest BCUT2D eigenvalue weighted by Crippen LogP contribution is 2.21. The van der Waals surface area contributed by atoms with Crippen LogP contribution in [-0.4, -0.2) is 71.4 Å². The number of aromatic nitrogens is 2. The molecule has 8 heteroatoms. The van der Waals surface area contributed by atoms with Gasteiger partial charge in [-0.1, -0.05) is 24.3 Å². The van der Waals surface area contributed by atoms with Crippen molar-refractivity contribution in [3.63, 3.8) is 0 Å². The largest absolute Gasteiger partial charge is 0.350 e. The lowest BCUT2D eigenvalue weighted by Gasteiger charge is -2.18. The van der Waals surface area contributed by atoms with Gasteiger partial charge in [-0.2, -0.15) is 0 Å². The molecular formula is C26H30N6O2. The van der Waals surface area contributed by atoms with E-state index in [-0.39, 0.29) is 17.9 Å². The molecule has 0 aliphatic carbocycles. The predicted octanol–water partition coefficient (Wildman–Crippen LogP) is 3.32. The smallest absolute Gasteiger partial charge is 0.253 e. The van der Waals surface area contributed by atoms with Crippen molar-refractivity contribution in [1.82, 2.24) is 19.8 Å². The predicted molar refractivity (Wildman–Crippen MR) is 135 cm³/mol. The molecule has 34 heavy (non-hydrogen) atoms. The van der Waals surface area contributed by atoms with Crippen LogP contribution in [0.15, 0.2) is 60.8 Å². The number of rotatable bonds is 7. The van der Waals surface area contributed by atoms with Crippen LogP contribution in [0.2, 0.25) is 0 Å². The summed E-state index contributed by atoms with van der Waals surface area (Å²) >= 11 is 0. The first-order valence-corrected chi connectivity index (χ1v) is 11.4. The molecular weight excluding hydrogens is 428 g/mol. The van der Waals surface area contributed by atoms with Crippen molar-refractivity contribution < 1.29 is 9.59 Å². The zero-order valence-electron chi connectivity index (χ0n) is 19.8. The molecule has 2 aromatic carbocycles. The van der Waals surface area contributed by atoms with E-state index in [0.29, 0.717) is 36.8 Å². The van der Waals surface area contributed by atoms with Gasteiger partial charge in [0.25, 0.3) is 5.91 Å². The minimum absolute atomic E-state index is 0.0180. The van der Waals surface area contributed by atoms with Crippen LogP contribution in [0.25, 0.3) is 10.9 Å². The molecule has 0 radical (unpaired) electrons. The summed E-state index contributed by atoms with van der Waals surface area (Å²) in [6, 6.07) is 13.3. The van der Waals surface area contributed by atoms with Crippen molar-refractivity contribution in [2.24, 2.45) is 0 Å². The molecule has 1 aromatic heterocycles. The van der Waals surface area contributed by atoms with Crippen LogP contribution in [0.5, 0.6) is 0 Å². The minimum Gasteiger partial charge on any atom is -0.350 e. The summed E-state index contributed by atoms with van der Waals surface area (Å²) in [5, 5.41) is 7.23.